The van der Waals surface area contributed by atoms with Crippen molar-refractivity contribution in [2.45, 2.75) is 39.2 Å². The van der Waals surface area contributed by atoms with Crippen LogP contribution in [-0.2, 0) is 16.1 Å². The summed E-state index contributed by atoms with van der Waals surface area (Å²) >= 11 is 1.67. The van der Waals surface area contributed by atoms with Crippen molar-refractivity contribution in [2.75, 3.05) is 0 Å². The Morgan fingerprint density at radius 2 is 2.18 bits per heavy atom. The number of aryl methyl sites for hydroxylation is 1. The summed E-state index contributed by atoms with van der Waals surface area (Å²) < 4.78 is 0. The fourth-order valence-corrected chi connectivity index (χ4v) is 2.94. The zero-order valence-corrected chi connectivity index (χ0v) is 10.8. The molecule has 1 aromatic heterocycles. The summed E-state index contributed by atoms with van der Waals surface area (Å²) in [6, 6.07) is 2.06. The SMILES string of the molecule is Cc1ccsc1CNC(=O)C1CCC(=O)CC1. The smallest absolute Gasteiger partial charge is 0.223 e. The summed E-state index contributed by atoms with van der Waals surface area (Å²) in [5, 5.41) is 5.01. The normalized spacial score (nSPS) is 17.1. The van der Waals surface area contributed by atoms with Crippen LogP contribution in [0.5, 0.6) is 0 Å². The van der Waals surface area contributed by atoms with Gasteiger partial charge in [-0.05, 0) is 36.8 Å². The number of ketones is 1. The van der Waals surface area contributed by atoms with E-state index in [1.807, 2.05) is 5.38 Å². The molecular weight excluding hydrogens is 234 g/mol. The molecule has 1 aromatic rings. The van der Waals surface area contributed by atoms with Gasteiger partial charge in [-0.3, -0.25) is 9.59 Å². The molecule has 0 bridgehead atoms. The molecular formula is C13H17NO2S. The van der Waals surface area contributed by atoms with Crippen molar-refractivity contribution in [1.29, 1.82) is 0 Å². The average molecular weight is 251 g/mol. The van der Waals surface area contributed by atoms with Crippen LogP contribution in [0.25, 0.3) is 0 Å². The zero-order valence-electron chi connectivity index (χ0n) is 9.99. The lowest BCUT2D eigenvalue weighted by Gasteiger charge is -2.20. The first-order valence-electron chi connectivity index (χ1n) is 5.99. The van der Waals surface area contributed by atoms with Crippen LogP contribution in [0.4, 0.5) is 0 Å². The molecule has 0 aromatic carbocycles. The molecule has 92 valence electrons. The molecule has 1 saturated carbocycles. The Morgan fingerprint density at radius 1 is 1.47 bits per heavy atom. The minimum Gasteiger partial charge on any atom is -0.351 e. The van der Waals surface area contributed by atoms with Crippen molar-refractivity contribution < 1.29 is 9.59 Å². The van der Waals surface area contributed by atoms with Gasteiger partial charge in [0.05, 0.1) is 6.54 Å². The van der Waals surface area contributed by atoms with Gasteiger partial charge in [-0.2, -0.15) is 0 Å². The van der Waals surface area contributed by atoms with E-state index < -0.39 is 0 Å². The third kappa shape index (κ3) is 3.16. The Morgan fingerprint density at radius 3 is 2.76 bits per heavy atom. The minimum atomic E-state index is 0.0352. The summed E-state index contributed by atoms with van der Waals surface area (Å²) in [7, 11) is 0. The second-order valence-corrected chi connectivity index (χ2v) is 5.56. The fourth-order valence-electron chi connectivity index (χ4n) is 2.10. The zero-order chi connectivity index (χ0) is 12.3. The van der Waals surface area contributed by atoms with Crippen LogP contribution in [0, 0.1) is 12.8 Å². The van der Waals surface area contributed by atoms with Gasteiger partial charge in [0.2, 0.25) is 5.91 Å². The molecule has 1 amide bonds. The monoisotopic (exact) mass is 251 g/mol. The molecule has 17 heavy (non-hydrogen) atoms. The number of carbonyl (C=O) groups excluding carboxylic acids is 2. The number of nitrogens with one attached hydrogen (secondary N) is 1. The van der Waals surface area contributed by atoms with E-state index in [4.69, 9.17) is 0 Å². The van der Waals surface area contributed by atoms with Crippen molar-refractivity contribution in [2.24, 2.45) is 5.92 Å². The molecule has 2 rings (SSSR count). The summed E-state index contributed by atoms with van der Waals surface area (Å²) in [5.74, 6) is 0.432. The van der Waals surface area contributed by atoms with Gasteiger partial charge in [-0.15, -0.1) is 11.3 Å². The highest BCUT2D eigenvalue weighted by Crippen LogP contribution is 2.22. The fraction of sp³-hybridized carbons (Fsp3) is 0.538. The van der Waals surface area contributed by atoms with Gasteiger partial charge in [0, 0.05) is 23.6 Å². The first kappa shape index (κ1) is 12.3. The van der Waals surface area contributed by atoms with Gasteiger partial charge >= 0.3 is 0 Å². The highest BCUT2D eigenvalue weighted by molar-refractivity contribution is 7.10. The summed E-state index contributed by atoms with van der Waals surface area (Å²) in [5.41, 5.74) is 1.23. The lowest BCUT2D eigenvalue weighted by molar-refractivity contribution is -0.128. The highest BCUT2D eigenvalue weighted by atomic mass is 32.1. The molecule has 0 spiro atoms. The molecule has 4 heteroatoms. The lowest BCUT2D eigenvalue weighted by Crippen LogP contribution is -2.32. The Labute approximate surface area is 105 Å². The Balaban J connectivity index is 1.81. The van der Waals surface area contributed by atoms with Gasteiger partial charge in [0.1, 0.15) is 5.78 Å². The average Bonchev–Trinajstić information content (AvgIpc) is 2.73. The Bertz CT molecular complexity index is 415. The second kappa shape index (κ2) is 5.45. The summed E-state index contributed by atoms with van der Waals surface area (Å²) in [6.45, 7) is 2.67. The van der Waals surface area contributed by atoms with Crippen molar-refractivity contribution in [3.05, 3.63) is 21.9 Å². The van der Waals surface area contributed by atoms with Crippen molar-refractivity contribution in [3.8, 4) is 0 Å². The van der Waals surface area contributed by atoms with Crippen LogP contribution in [0.2, 0.25) is 0 Å². The van der Waals surface area contributed by atoms with Crippen molar-refractivity contribution in [3.63, 3.8) is 0 Å². The number of hydrogen-bond acceptors (Lipinski definition) is 3. The molecule has 1 aliphatic rings. The maximum absolute atomic E-state index is 11.9. The minimum absolute atomic E-state index is 0.0352. The van der Waals surface area contributed by atoms with E-state index in [0.717, 1.165) is 0 Å². The molecule has 1 N–H and O–H groups in total. The largest absolute Gasteiger partial charge is 0.351 e. The van der Waals surface area contributed by atoms with Crippen LogP contribution in [-0.4, -0.2) is 11.7 Å². The predicted molar refractivity (Wildman–Crippen MR) is 67.9 cm³/mol. The maximum atomic E-state index is 11.9. The van der Waals surface area contributed by atoms with E-state index >= 15 is 0 Å². The predicted octanol–water partition coefficient (Wildman–Crippen LogP) is 2.43. The molecule has 0 radical (unpaired) electrons. The van der Waals surface area contributed by atoms with Crippen LogP contribution in [0.15, 0.2) is 11.4 Å². The van der Waals surface area contributed by atoms with Gasteiger partial charge in [0.25, 0.3) is 0 Å². The quantitative estimate of drug-likeness (QED) is 0.896. The van der Waals surface area contributed by atoms with Gasteiger partial charge in [-0.1, -0.05) is 0 Å². The molecule has 1 heterocycles. The number of thiophene rings is 1. The number of amides is 1. The van der Waals surface area contributed by atoms with E-state index in [2.05, 4.69) is 18.3 Å². The van der Waals surface area contributed by atoms with E-state index in [1.54, 1.807) is 11.3 Å². The molecule has 3 nitrogen and oxygen atoms in total. The second-order valence-electron chi connectivity index (χ2n) is 4.56. The van der Waals surface area contributed by atoms with E-state index in [1.165, 1.54) is 10.4 Å². The standard InChI is InChI=1S/C13H17NO2S/c1-9-6-7-17-12(9)8-14-13(16)10-2-4-11(15)5-3-10/h6-7,10H,2-5,8H2,1H3,(H,14,16). The third-order valence-corrected chi connectivity index (χ3v) is 4.33. The third-order valence-electron chi connectivity index (χ3n) is 3.31. The number of Topliss-reactive ketones (excluding diaryl/α,β-unsaturated/α-hetero) is 1. The maximum Gasteiger partial charge on any atom is 0.223 e. The van der Waals surface area contributed by atoms with Gasteiger partial charge in [-0.25, -0.2) is 0 Å². The van der Waals surface area contributed by atoms with E-state index in [-0.39, 0.29) is 11.8 Å². The van der Waals surface area contributed by atoms with E-state index in [9.17, 15) is 9.59 Å². The van der Waals surface area contributed by atoms with Crippen LogP contribution >= 0.6 is 11.3 Å². The number of rotatable bonds is 3. The molecule has 1 aliphatic carbocycles. The highest BCUT2D eigenvalue weighted by Gasteiger charge is 2.24. The van der Waals surface area contributed by atoms with Crippen LogP contribution < -0.4 is 5.32 Å². The van der Waals surface area contributed by atoms with Crippen LogP contribution in [0.1, 0.15) is 36.1 Å². The van der Waals surface area contributed by atoms with Gasteiger partial charge in [0.15, 0.2) is 0 Å². The summed E-state index contributed by atoms with van der Waals surface area (Å²) in [6.07, 6.45) is 2.56. The van der Waals surface area contributed by atoms with Crippen molar-refractivity contribution >= 4 is 23.0 Å². The Hall–Kier alpha value is -1.16. The molecule has 0 atom stereocenters. The van der Waals surface area contributed by atoms with Crippen molar-refractivity contribution in [1.82, 2.24) is 5.32 Å². The first-order valence-corrected chi connectivity index (χ1v) is 6.87. The van der Waals surface area contributed by atoms with Gasteiger partial charge < -0.3 is 5.32 Å². The number of carbonyl (C=O) groups is 2. The first-order chi connectivity index (χ1) is 8.16. The molecule has 0 aliphatic heterocycles. The van der Waals surface area contributed by atoms with E-state index in [0.29, 0.717) is 38.0 Å². The summed E-state index contributed by atoms with van der Waals surface area (Å²) in [4.78, 5) is 24.2. The molecule has 0 saturated heterocycles. The number of hydrogen-bond donors (Lipinski definition) is 1. The molecule has 0 unspecified atom stereocenters. The molecule has 1 fully saturated rings. The lowest BCUT2D eigenvalue weighted by atomic mass is 9.88. The van der Waals surface area contributed by atoms with Crippen LogP contribution in [0.3, 0.4) is 0 Å². The topological polar surface area (TPSA) is 46.2 Å². The Kier molecular flexibility index (Phi) is 3.94.